The van der Waals surface area contributed by atoms with Crippen LogP contribution in [0.2, 0.25) is 0 Å². The lowest BCUT2D eigenvalue weighted by Gasteiger charge is -2.44. The first-order chi connectivity index (χ1) is 18.8. The molecule has 3 rings (SSSR count). The van der Waals surface area contributed by atoms with E-state index in [9.17, 15) is 30.6 Å². The lowest BCUT2D eigenvalue weighted by atomic mass is 9.94. The summed E-state index contributed by atoms with van der Waals surface area (Å²) in [5.74, 6) is 0. The summed E-state index contributed by atoms with van der Waals surface area (Å²) in [6, 6.07) is 0. The Bertz CT molecular complexity index is 667. The van der Waals surface area contributed by atoms with Crippen LogP contribution in [0.4, 0.5) is 0 Å². The average Bonchev–Trinajstić information content (AvgIpc) is 3.75. The quantitative estimate of drug-likeness (QED) is 0.0736. The number of hydrogen-bond donors (Lipinski definition) is 6. The Morgan fingerprint density at radius 1 is 0.744 bits per heavy atom. The molecule has 0 aromatic rings. The van der Waals surface area contributed by atoms with Crippen LogP contribution < -0.4 is 0 Å². The number of rotatable bonds is 18. The molecule has 0 aromatic carbocycles. The summed E-state index contributed by atoms with van der Waals surface area (Å²) in [5, 5.41) is 62.0. The second-order valence-electron chi connectivity index (χ2n) is 10.2. The van der Waals surface area contributed by atoms with Gasteiger partial charge in [-0.2, -0.15) is 0 Å². The first-order valence-corrected chi connectivity index (χ1v) is 13.6. The highest BCUT2D eigenvalue weighted by Gasteiger charge is 2.48. The first kappa shape index (κ1) is 32.9. The molecule has 3 fully saturated rings. The van der Waals surface area contributed by atoms with Crippen molar-refractivity contribution in [3.05, 3.63) is 0 Å². The molecular formula is C25H46O14. The smallest absolute Gasteiger partial charge is 0.186 e. The molecule has 0 bridgehead atoms. The van der Waals surface area contributed by atoms with E-state index in [1.807, 2.05) is 0 Å². The summed E-state index contributed by atoms with van der Waals surface area (Å²) < 4.78 is 43.9. The van der Waals surface area contributed by atoms with Gasteiger partial charge in [-0.05, 0) is 19.3 Å². The molecule has 14 heteroatoms. The number of methoxy groups -OCH3 is 1. The van der Waals surface area contributed by atoms with Crippen molar-refractivity contribution < 1.29 is 68.5 Å². The molecule has 3 saturated heterocycles. The highest BCUT2D eigenvalue weighted by molar-refractivity contribution is 4.93. The molecule has 6 unspecified atom stereocenters. The van der Waals surface area contributed by atoms with Gasteiger partial charge in [0, 0.05) is 20.3 Å². The highest BCUT2D eigenvalue weighted by atomic mass is 16.7. The van der Waals surface area contributed by atoms with E-state index in [4.69, 9.17) is 37.9 Å². The van der Waals surface area contributed by atoms with E-state index in [1.165, 1.54) is 7.11 Å². The predicted molar refractivity (Wildman–Crippen MR) is 132 cm³/mol. The van der Waals surface area contributed by atoms with Gasteiger partial charge in [0.1, 0.15) is 61.0 Å². The summed E-state index contributed by atoms with van der Waals surface area (Å²) in [6.07, 6.45) is -10.6. The molecule has 0 spiro atoms. The van der Waals surface area contributed by atoms with Crippen molar-refractivity contribution in [1.29, 1.82) is 0 Å². The molecule has 0 aromatic heterocycles. The third kappa shape index (κ3) is 10.0. The largest absolute Gasteiger partial charge is 0.388 e. The van der Waals surface area contributed by atoms with Crippen LogP contribution in [-0.2, 0) is 37.9 Å². The highest BCUT2D eigenvalue weighted by Crippen LogP contribution is 2.27. The molecule has 3 aliphatic rings. The van der Waals surface area contributed by atoms with E-state index in [0.29, 0.717) is 26.2 Å². The molecular weight excluding hydrogens is 524 g/mol. The van der Waals surface area contributed by atoms with E-state index >= 15 is 0 Å². The van der Waals surface area contributed by atoms with Crippen LogP contribution >= 0.6 is 0 Å². The van der Waals surface area contributed by atoms with Gasteiger partial charge in [0.05, 0.1) is 45.7 Å². The number of ether oxygens (including phenoxy) is 8. The molecule has 14 nitrogen and oxygen atoms in total. The Hall–Kier alpha value is -0.560. The number of aliphatic hydroxyl groups is 6. The van der Waals surface area contributed by atoms with Gasteiger partial charge < -0.3 is 68.5 Å². The fourth-order valence-corrected chi connectivity index (χ4v) is 4.52. The molecule has 3 aliphatic heterocycles. The average molecular weight is 571 g/mol. The maximum atomic E-state index is 10.7. The van der Waals surface area contributed by atoms with Crippen molar-refractivity contribution >= 4 is 0 Å². The Labute approximate surface area is 228 Å². The summed E-state index contributed by atoms with van der Waals surface area (Å²) in [5.41, 5.74) is 0. The van der Waals surface area contributed by atoms with Gasteiger partial charge >= 0.3 is 0 Å². The standard InChI is InChI=1S/C25H46O14/c1-3-16-19(27)21(29)20(28)17(38-16)13-37-25-23(31)22(30)24(18(39-25)12-32-2)36-9-14(26)8-33-6-4-5-7-34-10-15-11-35-15/h14-31H,3-13H2,1-2H3/t14?,15?,16-,17?,18?,19?,20-,21-,22-,23?,24-,25+/m1/s1. The van der Waals surface area contributed by atoms with Gasteiger partial charge in [-0.25, -0.2) is 0 Å². The third-order valence-electron chi connectivity index (χ3n) is 6.93. The number of unbranched alkanes of at least 4 members (excludes halogenated alkanes) is 1. The van der Waals surface area contributed by atoms with Crippen molar-refractivity contribution in [2.75, 3.05) is 60.0 Å². The van der Waals surface area contributed by atoms with Crippen molar-refractivity contribution in [3.8, 4) is 0 Å². The number of hydrogen-bond acceptors (Lipinski definition) is 14. The topological polar surface area (TPSA) is 199 Å². The van der Waals surface area contributed by atoms with E-state index in [1.54, 1.807) is 6.92 Å². The van der Waals surface area contributed by atoms with Gasteiger partial charge in [0.25, 0.3) is 0 Å². The lowest BCUT2D eigenvalue weighted by Crippen LogP contribution is -2.62. The molecule has 0 aliphatic carbocycles. The minimum atomic E-state index is -1.52. The van der Waals surface area contributed by atoms with Crippen molar-refractivity contribution in [3.63, 3.8) is 0 Å². The Balaban J connectivity index is 1.39. The zero-order valence-corrected chi connectivity index (χ0v) is 22.7. The monoisotopic (exact) mass is 570 g/mol. The van der Waals surface area contributed by atoms with Crippen LogP contribution in [0.25, 0.3) is 0 Å². The number of epoxide rings is 1. The normalized spacial score (nSPS) is 39.5. The molecule has 12 atom stereocenters. The van der Waals surface area contributed by atoms with Crippen LogP contribution in [0.3, 0.4) is 0 Å². The fourth-order valence-electron chi connectivity index (χ4n) is 4.52. The molecule has 39 heavy (non-hydrogen) atoms. The van der Waals surface area contributed by atoms with Crippen LogP contribution in [-0.4, -0.2) is 164 Å². The lowest BCUT2D eigenvalue weighted by molar-refractivity contribution is -0.321. The van der Waals surface area contributed by atoms with Crippen molar-refractivity contribution in [1.82, 2.24) is 0 Å². The van der Waals surface area contributed by atoms with Gasteiger partial charge in [0.2, 0.25) is 0 Å². The Morgan fingerprint density at radius 3 is 2.10 bits per heavy atom. The SMILES string of the molecule is CC[C@H]1OC(CO[C@H]2OC(COC)[C@@H](OCC(O)COCCCCOCC3CO3)[C@H](O)C2O)[C@@H](O)[C@H](O)C1O. The van der Waals surface area contributed by atoms with Crippen LogP contribution in [0.5, 0.6) is 0 Å². The van der Waals surface area contributed by atoms with Gasteiger partial charge in [-0.3, -0.25) is 0 Å². The Kier molecular flexibility index (Phi) is 14.2. The molecule has 0 saturated carbocycles. The van der Waals surface area contributed by atoms with E-state index in [2.05, 4.69) is 0 Å². The van der Waals surface area contributed by atoms with Gasteiger partial charge in [-0.1, -0.05) is 6.92 Å². The minimum absolute atomic E-state index is 0.00120. The van der Waals surface area contributed by atoms with Crippen LogP contribution in [0, 0.1) is 0 Å². The summed E-state index contributed by atoms with van der Waals surface area (Å²) >= 11 is 0. The van der Waals surface area contributed by atoms with Gasteiger partial charge in [0.15, 0.2) is 6.29 Å². The van der Waals surface area contributed by atoms with Gasteiger partial charge in [-0.15, -0.1) is 0 Å². The van der Waals surface area contributed by atoms with E-state index in [0.717, 1.165) is 19.4 Å². The third-order valence-corrected chi connectivity index (χ3v) is 6.93. The molecule has 3 heterocycles. The molecule has 230 valence electrons. The summed E-state index contributed by atoms with van der Waals surface area (Å²) in [4.78, 5) is 0. The Morgan fingerprint density at radius 2 is 1.44 bits per heavy atom. The minimum Gasteiger partial charge on any atom is -0.388 e. The second kappa shape index (κ2) is 16.8. The predicted octanol–water partition coefficient (Wildman–Crippen LogP) is -2.69. The maximum Gasteiger partial charge on any atom is 0.186 e. The van der Waals surface area contributed by atoms with Crippen molar-refractivity contribution in [2.45, 2.75) is 99.6 Å². The molecule has 0 amide bonds. The fraction of sp³-hybridized carbons (Fsp3) is 1.00. The summed E-state index contributed by atoms with van der Waals surface area (Å²) in [7, 11) is 1.44. The zero-order valence-electron chi connectivity index (χ0n) is 22.7. The van der Waals surface area contributed by atoms with E-state index < -0.39 is 67.3 Å². The molecule has 6 N–H and O–H groups in total. The van der Waals surface area contributed by atoms with Crippen molar-refractivity contribution in [2.24, 2.45) is 0 Å². The summed E-state index contributed by atoms with van der Waals surface area (Å²) in [6.45, 7) is 3.82. The zero-order chi connectivity index (χ0) is 28.4. The molecule has 0 radical (unpaired) electrons. The first-order valence-electron chi connectivity index (χ1n) is 13.6. The maximum absolute atomic E-state index is 10.7. The number of aliphatic hydroxyl groups excluding tert-OH is 6. The second-order valence-corrected chi connectivity index (χ2v) is 10.2. The van der Waals surface area contributed by atoms with E-state index in [-0.39, 0.29) is 32.5 Å². The van der Waals surface area contributed by atoms with Crippen LogP contribution in [0.15, 0.2) is 0 Å². The van der Waals surface area contributed by atoms with Crippen LogP contribution in [0.1, 0.15) is 26.2 Å².